The Hall–Kier alpha value is -1.80. The smallest absolute Gasteiger partial charge is 0.230 e. The Kier molecular flexibility index (Phi) is 4.30. The van der Waals surface area contributed by atoms with Crippen LogP contribution in [-0.2, 0) is 14.2 Å². The van der Waals surface area contributed by atoms with E-state index in [2.05, 4.69) is 11.1 Å². The van der Waals surface area contributed by atoms with Crippen molar-refractivity contribution < 1.29 is 14.2 Å². The number of rotatable bonds is 2. The van der Waals surface area contributed by atoms with Crippen molar-refractivity contribution in [3.63, 3.8) is 0 Å². The second kappa shape index (κ2) is 5.51. The van der Waals surface area contributed by atoms with Crippen LogP contribution >= 0.6 is 0 Å². The van der Waals surface area contributed by atoms with Gasteiger partial charge in [0.05, 0.1) is 25.4 Å². The van der Waals surface area contributed by atoms with Crippen molar-refractivity contribution >= 4 is 5.90 Å². The van der Waals surface area contributed by atoms with Crippen molar-refractivity contribution in [2.45, 2.75) is 18.9 Å². The molecule has 1 atom stereocenters. The van der Waals surface area contributed by atoms with E-state index < -0.39 is 5.60 Å². The molecule has 1 aliphatic heterocycles. The van der Waals surface area contributed by atoms with Gasteiger partial charge in [0, 0.05) is 13.5 Å². The zero-order chi connectivity index (χ0) is 12.9. The molecule has 5 nitrogen and oxygen atoms in total. The highest BCUT2D eigenvalue weighted by molar-refractivity contribution is 5.88. The third-order valence-corrected chi connectivity index (χ3v) is 2.58. The Bertz CT molecular complexity index is 418. The Morgan fingerprint density at radius 1 is 1.35 bits per heavy atom. The van der Waals surface area contributed by atoms with E-state index in [9.17, 15) is 0 Å². The van der Waals surface area contributed by atoms with E-state index in [1.807, 2.05) is 13.0 Å². The van der Waals surface area contributed by atoms with E-state index in [0.717, 1.165) is 0 Å². The summed E-state index contributed by atoms with van der Waals surface area (Å²) >= 11 is 0. The van der Waals surface area contributed by atoms with E-state index in [1.54, 1.807) is 13.2 Å². The summed E-state index contributed by atoms with van der Waals surface area (Å²) in [5.74, 6) is 0.634. The summed E-state index contributed by atoms with van der Waals surface area (Å²) in [5, 5.41) is 9.12. The molecule has 0 spiro atoms. The van der Waals surface area contributed by atoms with Crippen LogP contribution in [0.25, 0.3) is 0 Å². The Labute approximate surface area is 101 Å². The molecule has 1 heterocycles. The average molecular weight is 236 g/mol. The minimum Gasteiger partial charge on any atom is -0.481 e. The molecule has 92 valence electrons. The lowest BCUT2D eigenvalue weighted by atomic mass is 9.95. The van der Waals surface area contributed by atoms with E-state index in [4.69, 9.17) is 19.5 Å². The van der Waals surface area contributed by atoms with Crippen LogP contribution in [0.1, 0.15) is 13.3 Å². The first-order valence-electron chi connectivity index (χ1n) is 5.13. The van der Waals surface area contributed by atoms with Crippen molar-refractivity contribution in [3.8, 4) is 6.07 Å². The molecule has 0 aromatic carbocycles. The summed E-state index contributed by atoms with van der Waals surface area (Å²) in [6, 6.07) is 2.08. The van der Waals surface area contributed by atoms with Gasteiger partial charge < -0.3 is 14.2 Å². The van der Waals surface area contributed by atoms with Gasteiger partial charge in [-0.15, -0.1) is 0 Å². The molecule has 1 rings (SSSR count). The van der Waals surface area contributed by atoms with Crippen molar-refractivity contribution in [3.05, 3.63) is 23.6 Å². The third-order valence-electron chi connectivity index (χ3n) is 2.58. The molecular weight excluding hydrogens is 220 g/mol. The highest BCUT2D eigenvalue weighted by Crippen LogP contribution is 2.26. The van der Waals surface area contributed by atoms with Crippen molar-refractivity contribution in [2.24, 2.45) is 4.99 Å². The number of ether oxygens (including phenoxy) is 3. The first-order valence-corrected chi connectivity index (χ1v) is 5.13. The summed E-state index contributed by atoms with van der Waals surface area (Å²) in [4.78, 5) is 4.11. The SMILES string of the molecule is COC1=NC(OC)=C(C#N)CC(C)(OC)C=C1. The van der Waals surface area contributed by atoms with E-state index in [1.165, 1.54) is 14.2 Å². The third kappa shape index (κ3) is 3.08. The predicted molar refractivity (Wildman–Crippen MR) is 63.3 cm³/mol. The molecule has 0 aromatic heterocycles. The lowest BCUT2D eigenvalue weighted by Crippen LogP contribution is -2.26. The molecule has 0 fully saturated rings. The quantitative estimate of drug-likeness (QED) is 0.733. The van der Waals surface area contributed by atoms with Gasteiger partial charge in [0.1, 0.15) is 6.07 Å². The number of nitriles is 1. The Morgan fingerprint density at radius 2 is 2.06 bits per heavy atom. The fourth-order valence-corrected chi connectivity index (χ4v) is 1.45. The minimum absolute atomic E-state index is 0.261. The normalized spacial score (nSPS) is 24.5. The summed E-state index contributed by atoms with van der Waals surface area (Å²) in [6.07, 6.45) is 3.93. The lowest BCUT2D eigenvalue weighted by molar-refractivity contribution is 0.0487. The fraction of sp³-hybridized carbons (Fsp3) is 0.500. The molecular formula is C12H16N2O3. The van der Waals surface area contributed by atoms with Gasteiger partial charge in [-0.3, -0.25) is 0 Å². The molecule has 5 heteroatoms. The van der Waals surface area contributed by atoms with Crippen molar-refractivity contribution in [1.82, 2.24) is 0 Å². The van der Waals surface area contributed by atoms with Crippen LogP contribution in [-0.4, -0.2) is 32.8 Å². The molecule has 0 saturated heterocycles. The van der Waals surface area contributed by atoms with Gasteiger partial charge >= 0.3 is 0 Å². The molecule has 0 bridgehead atoms. The zero-order valence-electron chi connectivity index (χ0n) is 10.5. The minimum atomic E-state index is -0.575. The number of aliphatic imine (C=N–C) groups is 1. The largest absolute Gasteiger partial charge is 0.481 e. The maximum absolute atomic E-state index is 9.12. The van der Waals surface area contributed by atoms with E-state index in [0.29, 0.717) is 17.9 Å². The molecule has 0 N–H and O–H groups in total. The topological polar surface area (TPSA) is 63.8 Å². The number of methoxy groups -OCH3 is 3. The van der Waals surface area contributed by atoms with Gasteiger partial charge in [-0.2, -0.15) is 10.3 Å². The molecule has 0 aromatic rings. The first kappa shape index (κ1) is 13.3. The first-order chi connectivity index (χ1) is 8.08. The van der Waals surface area contributed by atoms with Crippen LogP contribution in [0, 0.1) is 11.3 Å². The highest BCUT2D eigenvalue weighted by atomic mass is 16.5. The number of hydrogen-bond acceptors (Lipinski definition) is 5. The maximum Gasteiger partial charge on any atom is 0.230 e. The maximum atomic E-state index is 9.12. The summed E-state index contributed by atoms with van der Waals surface area (Å²) < 4.78 is 15.6. The molecule has 0 amide bonds. The molecule has 17 heavy (non-hydrogen) atoms. The van der Waals surface area contributed by atoms with Gasteiger partial charge in [-0.25, -0.2) is 0 Å². The Balaban J connectivity index is 3.29. The number of nitrogens with zero attached hydrogens (tertiary/aromatic N) is 2. The summed E-state index contributed by atoms with van der Waals surface area (Å²) in [6.45, 7) is 1.88. The van der Waals surface area contributed by atoms with Crippen LogP contribution < -0.4 is 0 Å². The van der Waals surface area contributed by atoms with Gasteiger partial charge in [0.15, 0.2) is 0 Å². The number of hydrogen-bond donors (Lipinski definition) is 0. The molecule has 0 aliphatic carbocycles. The van der Waals surface area contributed by atoms with E-state index >= 15 is 0 Å². The second-order valence-electron chi connectivity index (χ2n) is 3.78. The van der Waals surface area contributed by atoms with Crippen molar-refractivity contribution in [2.75, 3.05) is 21.3 Å². The highest BCUT2D eigenvalue weighted by Gasteiger charge is 2.26. The van der Waals surface area contributed by atoms with Crippen LogP contribution in [0.3, 0.4) is 0 Å². The van der Waals surface area contributed by atoms with Crippen molar-refractivity contribution in [1.29, 1.82) is 5.26 Å². The Morgan fingerprint density at radius 3 is 2.53 bits per heavy atom. The second-order valence-corrected chi connectivity index (χ2v) is 3.78. The standard InChI is InChI=1S/C12H16N2O3/c1-12(17-4)6-5-10(15-2)14-11(16-3)9(7-12)8-13/h5-6H,7H2,1-4H3. The fourth-order valence-electron chi connectivity index (χ4n) is 1.45. The van der Waals surface area contributed by atoms with Gasteiger partial charge in [0.25, 0.3) is 0 Å². The molecule has 1 unspecified atom stereocenters. The van der Waals surface area contributed by atoms with Gasteiger partial charge in [0.2, 0.25) is 11.8 Å². The van der Waals surface area contributed by atoms with E-state index in [-0.39, 0.29) is 5.88 Å². The monoisotopic (exact) mass is 236 g/mol. The average Bonchev–Trinajstić information content (AvgIpc) is 2.35. The van der Waals surface area contributed by atoms with Crippen LogP contribution in [0.2, 0.25) is 0 Å². The molecule has 1 aliphatic rings. The summed E-state index contributed by atoms with van der Waals surface area (Å²) in [5.41, 5.74) is -0.148. The van der Waals surface area contributed by atoms with Gasteiger partial charge in [-0.05, 0) is 19.1 Å². The van der Waals surface area contributed by atoms with Crippen LogP contribution in [0.4, 0.5) is 0 Å². The summed E-state index contributed by atoms with van der Waals surface area (Å²) in [7, 11) is 4.57. The van der Waals surface area contributed by atoms with Crippen LogP contribution in [0.15, 0.2) is 28.6 Å². The zero-order valence-corrected chi connectivity index (χ0v) is 10.5. The molecule has 0 radical (unpaired) electrons. The predicted octanol–water partition coefficient (Wildman–Crippen LogP) is 1.78. The van der Waals surface area contributed by atoms with Crippen LogP contribution in [0.5, 0.6) is 0 Å². The molecule has 0 saturated carbocycles. The van der Waals surface area contributed by atoms with Gasteiger partial charge in [-0.1, -0.05) is 0 Å². The lowest BCUT2D eigenvalue weighted by Gasteiger charge is -2.25.